The molecule has 0 aliphatic heterocycles. The van der Waals surface area contributed by atoms with E-state index in [0.717, 1.165) is 21.8 Å². The summed E-state index contributed by atoms with van der Waals surface area (Å²) in [6.45, 7) is 4.07. The third-order valence-corrected chi connectivity index (χ3v) is 3.85. The number of rotatable bonds is 2. The van der Waals surface area contributed by atoms with Crippen LogP contribution in [-0.4, -0.2) is 0 Å². The minimum absolute atomic E-state index is 0.763. The molecule has 0 aromatic heterocycles. The molecule has 0 aliphatic carbocycles. The van der Waals surface area contributed by atoms with Gasteiger partial charge in [-0.05, 0) is 61.4 Å². The highest BCUT2D eigenvalue weighted by Gasteiger charge is 2.03. The van der Waals surface area contributed by atoms with Crippen molar-refractivity contribution in [3.63, 3.8) is 0 Å². The number of aryl methyl sites for hydroxylation is 2. The molecule has 3 heteroatoms. The van der Waals surface area contributed by atoms with E-state index in [1.54, 1.807) is 11.8 Å². The third-order valence-electron chi connectivity index (χ3n) is 2.62. The summed E-state index contributed by atoms with van der Waals surface area (Å²) < 4.78 is 0. The lowest BCUT2D eigenvalue weighted by molar-refractivity contribution is 1.29. The number of hydrogen-bond acceptors (Lipinski definition) is 2. The predicted molar refractivity (Wildman–Crippen MR) is 75.9 cm³/mol. The normalized spacial score (nSPS) is 10.5. The lowest BCUT2D eigenvalue weighted by Gasteiger charge is -2.08. The number of nitrogens with two attached hydrogens (primary N) is 1. The monoisotopic (exact) mass is 263 g/mol. The van der Waals surface area contributed by atoms with E-state index in [4.69, 9.17) is 17.3 Å². The molecule has 0 atom stereocenters. The Hall–Kier alpha value is -1.12. The summed E-state index contributed by atoms with van der Waals surface area (Å²) >= 11 is 7.58. The Morgan fingerprint density at radius 1 is 0.941 bits per heavy atom. The first-order valence-corrected chi connectivity index (χ1v) is 6.56. The first kappa shape index (κ1) is 12.3. The largest absolute Gasteiger partial charge is 0.398 e. The summed E-state index contributed by atoms with van der Waals surface area (Å²) in [6, 6.07) is 12.1. The second-order valence-corrected chi connectivity index (χ2v) is 5.61. The van der Waals surface area contributed by atoms with Crippen LogP contribution in [0.3, 0.4) is 0 Å². The van der Waals surface area contributed by atoms with Gasteiger partial charge in [0.25, 0.3) is 0 Å². The molecular formula is C14H14ClNS. The van der Waals surface area contributed by atoms with Gasteiger partial charge in [-0.1, -0.05) is 23.4 Å². The van der Waals surface area contributed by atoms with Gasteiger partial charge in [0.15, 0.2) is 0 Å². The quantitative estimate of drug-likeness (QED) is 0.796. The Labute approximate surface area is 111 Å². The minimum atomic E-state index is 0.763. The molecule has 88 valence electrons. The van der Waals surface area contributed by atoms with Crippen molar-refractivity contribution < 1.29 is 0 Å². The molecular weight excluding hydrogens is 250 g/mol. The number of hydrogen-bond donors (Lipinski definition) is 1. The second-order valence-electron chi connectivity index (χ2n) is 4.03. The Bertz CT molecular complexity index is 511. The van der Waals surface area contributed by atoms with E-state index in [1.165, 1.54) is 9.79 Å². The van der Waals surface area contributed by atoms with Crippen molar-refractivity contribution in [2.75, 3.05) is 5.73 Å². The first-order chi connectivity index (χ1) is 8.06. The number of anilines is 1. The molecule has 0 unspecified atom stereocenters. The Kier molecular flexibility index (Phi) is 3.65. The highest BCUT2D eigenvalue weighted by Crippen LogP contribution is 2.32. The fourth-order valence-electron chi connectivity index (χ4n) is 1.63. The van der Waals surface area contributed by atoms with Crippen molar-refractivity contribution in [1.82, 2.24) is 0 Å². The van der Waals surface area contributed by atoms with Crippen LogP contribution in [0.15, 0.2) is 46.2 Å². The zero-order chi connectivity index (χ0) is 12.4. The van der Waals surface area contributed by atoms with Crippen molar-refractivity contribution in [2.45, 2.75) is 23.6 Å². The van der Waals surface area contributed by atoms with Crippen LogP contribution in [0.1, 0.15) is 11.1 Å². The van der Waals surface area contributed by atoms with Crippen molar-refractivity contribution in [3.05, 3.63) is 52.5 Å². The molecule has 0 radical (unpaired) electrons. The molecule has 2 N–H and O–H groups in total. The van der Waals surface area contributed by atoms with Crippen LogP contribution >= 0.6 is 23.4 Å². The first-order valence-electron chi connectivity index (χ1n) is 5.36. The summed E-state index contributed by atoms with van der Waals surface area (Å²) in [7, 11) is 0. The smallest absolute Gasteiger partial charge is 0.0406 e. The van der Waals surface area contributed by atoms with Gasteiger partial charge < -0.3 is 5.73 Å². The van der Waals surface area contributed by atoms with Gasteiger partial charge >= 0.3 is 0 Å². The van der Waals surface area contributed by atoms with E-state index in [2.05, 4.69) is 12.1 Å². The van der Waals surface area contributed by atoms with Crippen LogP contribution in [0.5, 0.6) is 0 Å². The van der Waals surface area contributed by atoms with Gasteiger partial charge in [0.1, 0.15) is 0 Å². The highest BCUT2D eigenvalue weighted by molar-refractivity contribution is 7.99. The molecule has 1 nitrogen and oxygen atoms in total. The number of halogens is 1. The van der Waals surface area contributed by atoms with Crippen LogP contribution < -0.4 is 5.73 Å². The van der Waals surface area contributed by atoms with E-state index in [9.17, 15) is 0 Å². The second kappa shape index (κ2) is 5.03. The molecule has 0 heterocycles. The summed E-state index contributed by atoms with van der Waals surface area (Å²) in [5.74, 6) is 0. The van der Waals surface area contributed by atoms with Gasteiger partial charge in [0.2, 0.25) is 0 Å². The predicted octanol–water partition coefficient (Wildman–Crippen LogP) is 4.69. The van der Waals surface area contributed by atoms with E-state index in [0.29, 0.717) is 0 Å². The van der Waals surface area contributed by atoms with Crippen molar-refractivity contribution in [3.8, 4) is 0 Å². The van der Waals surface area contributed by atoms with Gasteiger partial charge in [-0.25, -0.2) is 0 Å². The van der Waals surface area contributed by atoms with Gasteiger partial charge in [-0.15, -0.1) is 0 Å². The molecule has 2 rings (SSSR count). The molecule has 17 heavy (non-hydrogen) atoms. The number of benzene rings is 2. The molecule has 2 aromatic rings. The Morgan fingerprint density at radius 3 is 2.00 bits per heavy atom. The van der Waals surface area contributed by atoms with E-state index in [-0.39, 0.29) is 0 Å². The van der Waals surface area contributed by atoms with E-state index in [1.807, 2.05) is 38.1 Å². The average Bonchev–Trinajstić information content (AvgIpc) is 2.29. The Morgan fingerprint density at radius 2 is 1.47 bits per heavy atom. The number of nitrogen functional groups attached to an aromatic ring is 1. The van der Waals surface area contributed by atoms with Crippen LogP contribution in [-0.2, 0) is 0 Å². The van der Waals surface area contributed by atoms with Gasteiger partial charge in [-0.2, -0.15) is 0 Å². The molecule has 0 spiro atoms. The fourth-order valence-corrected chi connectivity index (χ4v) is 2.77. The van der Waals surface area contributed by atoms with Crippen molar-refractivity contribution in [1.29, 1.82) is 0 Å². The van der Waals surface area contributed by atoms with Crippen LogP contribution in [0.25, 0.3) is 0 Å². The zero-order valence-electron chi connectivity index (χ0n) is 9.83. The van der Waals surface area contributed by atoms with Crippen LogP contribution in [0.2, 0.25) is 5.02 Å². The summed E-state index contributed by atoms with van der Waals surface area (Å²) in [6.07, 6.45) is 0. The molecule has 0 fully saturated rings. The lowest BCUT2D eigenvalue weighted by atomic mass is 10.1. The minimum Gasteiger partial charge on any atom is -0.398 e. The highest BCUT2D eigenvalue weighted by atomic mass is 35.5. The van der Waals surface area contributed by atoms with Crippen molar-refractivity contribution >= 4 is 29.1 Å². The maximum atomic E-state index is 5.94. The maximum Gasteiger partial charge on any atom is 0.0406 e. The molecule has 2 aromatic carbocycles. The SMILES string of the molecule is Cc1cc(Sc2ccc(Cl)cc2)cc(C)c1N. The molecule has 0 saturated carbocycles. The van der Waals surface area contributed by atoms with E-state index < -0.39 is 0 Å². The molecule has 0 bridgehead atoms. The lowest BCUT2D eigenvalue weighted by Crippen LogP contribution is -1.93. The average molecular weight is 264 g/mol. The zero-order valence-corrected chi connectivity index (χ0v) is 11.4. The Balaban J connectivity index is 2.27. The van der Waals surface area contributed by atoms with Gasteiger partial charge in [-0.3, -0.25) is 0 Å². The summed E-state index contributed by atoms with van der Waals surface area (Å²) in [5, 5.41) is 0.763. The standard InChI is InChI=1S/C14H14ClNS/c1-9-7-13(8-10(2)14(9)16)17-12-5-3-11(15)4-6-12/h3-8H,16H2,1-2H3. The van der Waals surface area contributed by atoms with Crippen molar-refractivity contribution in [2.24, 2.45) is 0 Å². The van der Waals surface area contributed by atoms with Gasteiger partial charge in [0.05, 0.1) is 0 Å². The molecule has 0 amide bonds. The fraction of sp³-hybridized carbons (Fsp3) is 0.143. The van der Waals surface area contributed by atoms with Crippen LogP contribution in [0.4, 0.5) is 5.69 Å². The molecule has 0 saturated heterocycles. The summed E-state index contributed by atoms with van der Waals surface area (Å²) in [5.41, 5.74) is 9.07. The summed E-state index contributed by atoms with van der Waals surface area (Å²) in [4.78, 5) is 2.38. The molecule has 0 aliphatic rings. The topological polar surface area (TPSA) is 26.0 Å². The third kappa shape index (κ3) is 2.96. The maximum absolute atomic E-state index is 5.94. The van der Waals surface area contributed by atoms with Gasteiger partial charge in [0, 0.05) is 20.5 Å². The van der Waals surface area contributed by atoms with Crippen LogP contribution in [0, 0.1) is 13.8 Å². The van der Waals surface area contributed by atoms with E-state index >= 15 is 0 Å².